The minimum Gasteiger partial charge on any atom is -0.334 e. The number of imide groups is 1. The molecule has 0 radical (unpaired) electrons. The summed E-state index contributed by atoms with van der Waals surface area (Å²) in [5.74, 6) is -0.664. The van der Waals surface area contributed by atoms with Gasteiger partial charge in [0.2, 0.25) is 5.91 Å². The Hall–Kier alpha value is -2.38. The molecule has 0 aliphatic carbocycles. The number of nitrogens with zero attached hydrogens (tertiary/aromatic N) is 2. The molecular formula is C14H12Cl2N4O3. The number of rotatable bonds is 4. The zero-order valence-corrected chi connectivity index (χ0v) is 13.3. The number of amides is 3. The fourth-order valence-corrected chi connectivity index (χ4v) is 2.38. The number of benzene rings is 1. The van der Waals surface area contributed by atoms with Gasteiger partial charge >= 0.3 is 6.03 Å². The van der Waals surface area contributed by atoms with Gasteiger partial charge in [-0.3, -0.25) is 19.5 Å². The largest absolute Gasteiger partial charge is 0.334 e. The van der Waals surface area contributed by atoms with Crippen LogP contribution in [0.5, 0.6) is 0 Å². The van der Waals surface area contributed by atoms with E-state index in [9.17, 15) is 14.4 Å². The van der Waals surface area contributed by atoms with Crippen LogP contribution < -0.4 is 16.2 Å². The third kappa shape index (κ3) is 4.08. The lowest BCUT2D eigenvalue weighted by Crippen LogP contribution is -2.42. The number of carbonyl (C=O) groups excluding carboxylic acids is 2. The van der Waals surface area contributed by atoms with Crippen molar-refractivity contribution >= 4 is 46.0 Å². The van der Waals surface area contributed by atoms with Crippen LogP contribution in [0.1, 0.15) is 0 Å². The zero-order valence-electron chi connectivity index (χ0n) is 11.8. The number of fused-ring (bicyclic) bond motifs is 1. The normalized spacial score (nSPS) is 10.3. The van der Waals surface area contributed by atoms with Crippen LogP contribution >= 0.6 is 23.2 Å². The van der Waals surface area contributed by atoms with Crippen molar-refractivity contribution < 1.29 is 9.59 Å². The molecule has 0 saturated heterocycles. The Bertz CT molecular complexity index is 848. The highest BCUT2D eigenvalue weighted by molar-refractivity contribution is 6.38. The second kappa shape index (κ2) is 7.26. The van der Waals surface area contributed by atoms with E-state index in [1.807, 2.05) is 0 Å². The standard InChI is InChI=1S/C14H12Cl2N4O3/c1-2-3-17-14(23)19-11(21)6-20-7-18-12-9(13(20)22)4-8(15)5-10(12)16/h2,4-5,7H,1,3,6H2,(H2,17,19,21,23). The molecule has 1 aromatic carbocycles. The average Bonchev–Trinajstić information content (AvgIpc) is 2.48. The van der Waals surface area contributed by atoms with Gasteiger partial charge < -0.3 is 5.32 Å². The lowest BCUT2D eigenvalue weighted by Gasteiger charge is -2.08. The van der Waals surface area contributed by atoms with E-state index in [0.717, 1.165) is 4.57 Å². The van der Waals surface area contributed by atoms with Gasteiger partial charge in [0, 0.05) is 11.6 Å². The van der Waals surface area contributed by atoms with E-state index in [1.54, 1.807) is 0 Å². The van der Waals surface area contributed by atoms with E-state index in [1.165, 1.54) is 24.5 Å². The van der Waals surface area contributed by atoms with Gasteiger partial charge in [0.1, 0.15) is 6.54 Å². The second-order valence-electron chi connectivity index (χ2n) is 4.51. The predicted molar refractivity (Wildman–Crippen MR) is 87.8 cm³/mol. The summed E-state index contributed by atoms with van der Waals surface area (Å²) < 4.78 is 1.06. The van der Waals surface area contributed by atoms with E-state index in [-0.39, 0.29) is 28.5 Å². The molecule has 0 bridgehead atoms. The van der Waals surface area contributed by atoms with Crippen molar-refractivity contribution in [2.75, 3.05) is 6.54 Å². The first-order valence-electron chi connectivity index (χ1n) is 6.45. The predicted octanol–water partition coefficient (Wildman–Crippen LogP) is 1.72. The maximum atomic E-state index is 12.3. The van der Waals surface area contributed by atoms with Gasteiger partial charge in [-0.25, -0.2) is 9.78 Å². The summed E-state index contributed by atoms with van der Waals surface area (Å²) >= 11 is 11.8. The Morgan fingerprint density at radius 1 is 1.35 bits per heavy atom. The molecule has 2 aromatic rings. The van der Waals surface area contributed by atoms with Crippen LogP contribution in [0, 0.1) is 0 Å². The minimum atomic E-state index is -0.678. The average molecular weight is 355 g/mol. The highest BCUT2D eigenvalue weighted by Gasteiger charge is 2.12. The summed E-state index contributed by atoms with van der Waals surface area (Å²) in [4.78, 5) is 39.5. The molecular weight excluding hydrogens is 343 g/mol. The lowest BCUT2D eigenvalue weighted by atomic mass is 10.2. The molecule has 7 nitrogen and oxygen atoms in total. The summed E-state index contributed by atoms with van der Waals surface area (Å²) in [6.07, 6.45) is 2.65. The smallest absolute Gasteiger partial charge is 0.321 e. The van der Waals surface area contributed by atoms with Crippen LogP contribution in [0.4, 0.5) is 4.79 Å². The van der Waals surface area contributed by atoms with Crippen molar-refractivity contribution in [1.29, 1.82) is 0 Å². The maximum absolute atomic E-state index is 12.3. The van der Waals surface area contributed by atoms with Crippen LogP contribution in [0.15, 0.2) is 35.9 Å². The Labute approximate surface area is 140 Å². The molecule has 0 saturated carbocycles. The van der Waals surface area contributed by atoms with Crippen molar-refractivity contribution in [2.45, 2.75) is 6.54 Å². The highest BCUT2D eigenvalue weighted by atomic mass is 35.5. The van der Waals surface area contributed by atoms with E-state index >= 15 is 0 Å². The number of aromatic nitrogens is 2. The third-order valence-electron chi connectivity index (χ3n) is 2.82. The van der Waals surface area contributed by atoms with Gasteiger partial charge in [-0.1, -0.05) is 29.3 Å². The van der Waals surface area contributed by atoms with Crippen LogP contribution in [0.25, 0.3) is 10.9 Å². The topological polar surface area (TPSA) is 93.1 Å². The Kier molecular flexibility index (Phi) is 5.36. The number of hydrogen-bond acceptors (Lipinski definition) is 4. The van der Waals surface area contributed by atoms with Crippen LogP contribution in [0.3, 0.4) is 0 Å². The molecule has 3 amide bonds. The molecule has 1 aromatic heterocycles. The molecule has 0 spiro atoms. The van der Waals surface area contributed by atoms with E-state index in [4.69, 9.17) is 23.2 Å². The van der Waals surface area contributed by atoms with Gasteiger partial charge in [-0.15, -0.1) is 6.58 Å². The van der Waals surface area contributed by atoms with Crippen molar-refractivity contribution in [3.63, 3.8) is 0 Å². The Morgan fingerprint density at radius 3 is 2.78 bits per heavy atom. The van der Waals surface area contributed by atoms with Gasteiger partial charge in [0.25, 0.3) is 5.56 Å². The number of halogens is 2. The lowest BCUT2D eigenvalue weighted by molar-refractivity contribution is -0.120. The number of hydrogen-bond donors (Lipinski definition) is 2. The molecule has 0 atom stereocenters. The monoisotopic (exact) mass is 354 g/mol. The molecule has 120 valence electrons. The molecule has 0 aliphatic heterocycles. The third-order valence-corrected chi connectivity index (χ3v) is 3.33. The van der Waals surface area contributed by atoms with E-state index in [0.29, 0.717) is 5.52 Å². The van der Waals surface area contributed by atoms with Gasteiger partial charge in [0.05, 0.1) is 22.3 Å². The fourth-order valence-electron chi connectivity index (χ4n) is 1.84. The Balaban J connectivity index is 2.22. The minimum absolute atomic E-state index is 0.189. The van der Waals surface area contributed by atoms with Gasteiger partial charge in [-0.05, 0) is 12.1 Å². The van der Waals surface area contributed by atoms with E-state index < -0.39 is 17.5 Å². The maximum Gasteiger partial charge on any atom is 0.321 e. The summed E-state index contributed by atoms with van der Waals surface area (Å²) in [5.41, 5.74) is -0.192. The summed E-state index contributed by atoms with van der Waals surface area (Å²) in [6, 6.07) is 2.21. The Morgan fingerprint density at radius 2 is 2.09 bits per heavy atom. The summed E-state index contributed by atoms with van der Waals surface area (Å²) in [5, 5.41) is 5.18. The SMILES string of the molecule is C=CCNC(=O)NC(=O)Cn1cnc2c(Cl)cc(Cl)cc2c1=O. The van der Waals surface area contributed by atoms with Gasteiger partial charge in [0.15, 0.2) is 0 Å². The molecule has 1 heterocycles. The molecule has 0 aliphatic rings. The number of carbonyl (C=O) groups is 2. The van der Waals surface area contributed by atoms with Crippen molar-refractivity contribution in [1.82, 2.24) is 20.2 Å². The first-order valence-corrected chi connectivity index (χ1v) is 7.20. The summed E-state index contributed by atoms with van der Waals surface area (Å²) in [7, 11) is 0. The highest BCUT2D eigenvalue weighted by Crippen LogP contribution is 2.23. The van der Waals surface area contributed by atoms with Crippen LogP contribution in [-0.2, 0) is 11.3 Å². The van der Waals surface area contributed by atoms with Gasteiger partial charge in [-0.2, -0.15) is 0 Å². The van der Waals surface area contributed by atoms with Crippen molar-refractivity contribution in [3.8, 4) is 0 Å². The number of urea groups is 1. The summed E-state index contributed by atoms with van der Waals surface area (Å²) in [6.45, 7) is 3.28. The second-order valence-corrected chi connectivity index (χ2v) is 5.35. The zero-order chi connectivity index (χ0) is 17.0. The molecule has 23 heavy (non-hydrogen) atoms. The van der Waals surface area contributed by atoms with Crippen molar-refractivity contribution in [3.05, 3.63) is 51.5 Å². The molecule has 9 heteroatoms. The number of nitrogens with one attached hydrogen (secondary N) is 2. The quantitative estimate of drug-likeness (QED) is 0.817. The molecule has 0 unspecified atom stereocenters. The van der Waals surface area contributed by atoms with E-state index in [2.05, 4.69) is 22.2 Å². The van der Waals surface area contributed by atoms with Crippen LogP contribution in [0.2, 0.25) is 10.0 Å². The molecule has 0 fully saturated rings. The first kappa shape index (κ1) is 17.0. The van der Waals surface area contributed by atoms with Crippen LogP contribution in [-0.4, -0.2) is 28.0 Å². The van der Waals surface area contributed by atoms with Crippen molar-refractivity contribution in [2.24, 2.45) is 0 Å². The fraction of sp³-hybridized carbons (Fsp3) is 0.143. The first-order chi connectivity index (χ1) is 10.9. The molecule has 2 N–H and O–H groups in total. The molecule has 2 rings (SSSR count).